The van der Waals surface area contributed by atoms with E-state index in [4.69, 9.17) is 5.73 Å². The number of fused-ring (bicyclic) bond motifs is 1. The molecule has 0 radical (unpaired) electrons. The maximum Gasteiger partial charge on any atom is 0.416 e. The van der Waals surface area contributed by atoms with Gasteiger partial charge in [-0.05, 0) is 31.2 Å². The second-order valence-electron chi connectivity index (χ2n) is 5.43. The molecule has 2 aromatic carbocycles. The molecule has 1 aromatic heterocycles. The van der Waals surface area contributed by atoms with Gasteiger partial charge >= 0.3 is 6.18 Å². The number of hydrogen-bond donors (Lipinski definition) is 1. The first-order valence-electron chi connectivity index (χ1n) is 7.36. The Morgan fingerprint density at radius 1 is 1.17 bits per heavy atom. The van der Waals surface area contributed by atoms with Crippen molar-refractivity contribution in [1.29, 1.82) is 5.26 Å². The van der Waals surface area contributed by atoms with Crippen molar-refractivity contribution in [1.82, 2.24) is 4.57 Å². The summed E-state index contributed by atoms with van der Waals surface area (Å²) in [5.41, 5.74) is 7.65. The van der Waals surface area contributed by atoms with Gasteiger partial charge in [-0.2, -0.15) is 18.4 Å². The van der Waals surface area contributed by atoms with Crippen LogP contribution in [0.25, 0.3) is 22.2 Å². The van der Waals surface area contributed by atoms with Gasteiger partial charge in [0, 0.05) is 23.2 Å². The van der Waals surface area contributed by atoms with Gasteiger partial charge in [-0.15, -0.1) is 0 Å². The van der Waals surface area contributed by atoms with Crippen LogP contribution in [0, 0.1) is 11.3 Å². The van der Waals surface area contributed by atoms with Crippen LogP contribution in [-0.4, -0.2) is 4.57 Å². The summed E-state index contributed by atoms with van der Waals surface area (Å²) in [4.78, 5) is 0. The Morgan fingerprint density at radius 2 is 1.92 bits per heavy atom. The number of benzene rings is 2. The lowest BCUT2D eigenvalue weighted by molar-refractivity contribution is -0.137. The molecule has 0 aliphatic rings. The van der Waals surface area contributed by atoms with Gasteiger partial charge in [-0.25, -0.2) is 0 Å². The summed E-state index contributed by atoms with van der Waals surface area (Å²) < 4.78 is 40.8. The number of nitrogen functional groups attached to an aromatic ring is 1. The molecule has 3 aromatic rings. The van der Waals surface area contributed by atoms with Crippen LogP contribution in [0.2, 0.25) is 0 Å². The number of nitrogens with zero attached hydrogens (tertiary/aromatic N) is 2. The standard InChI is InChI=1S/C18H14F3N3/c1-2-24-16-9-12(18(19,20)21)6-7-14(16)15(10-22)17(24)11-4-3-5-13(23)8-11/h3-9H,2,23H2,1H3. The van der Waals surface area contributed by atoms with Crippen LogP contribution < -0.4 is 5.73 Å². The normalized spacial score (nSPS) is 11.6. The first-order valence-corrected chi connectivity index (χ1v) is 7.36. The van der Waals surface area contributed by atoms with E-state index in [1.165, 1.54) is 6.07 Å². The van der Waals surface area contributed by atoms with E-state index in [1.807, 2.05) is 6.92 Å². The lowest BCUT2D eigenvalue weighted by atomic mass is 10.0. The predicted octanol–water partition coefficient (Wildman–Crippen LogP) is 4.80. The average Bonchev–Trinajstić information content (AvgIpc) is 2.86. The molecule has 24 heavy (non-hydrogen) atoms. The Morgan fingerprint density at radius 3 is 2.50 bits per heavy atom. The van der Waals surface area contributed by atoms with Crippen molar-refractivity contribution in [3.05, 3.63) is 53.6 Å². The van der Waals surface area contributed by atoms with Gasteiger partial charge in [-0.3, -0.25) is 0 Å². The minimum Gasteiger partial charge on any atom is -0.399 e. The minimum absolute atomic E-state index is 0.353. The van der Waals surface area contributed by atoms with Crippen LogP contribution in [0.5, 0.6) is 0 Å². The van der Waals surface area contributed by atoms with Gasteiger partial charge in [0.15, 0.2) is 0 Å². The quantitative estimate of drug-likeness (QED) is 0.687. The largest absolute Gasteiger partial charge is 0.416 e. The molecular weight excluding hydrogens is 315 g/mol. The lowest BCUT2D eigenvalue weighted by Crippen LogP contribution is -2.05. The summed E-state index contributed by atoms with van der Waals surface area (Å²) in [6, 6.07) is 12.6. The van der Waals surface area contributed by atoms with Crippen molar-refractivity contribution in [2.75, 3.05) is 5.73 Å². The summed E-state index contributed by atoms with van der Waals surface area (Å²) in [5, 5.41) is 10.1. The zero-order valence-corrected chi connectivity index (χ0v) is 12.9. The highest BCUT2D eigenvalue weighted by Crippen LogP contribution is 2.37. The van der Waals surface area contributed by atoms with Crippen LogP contribution in [0.1, 0.15) is 18.1 Å². The Kier molecular flexibility index (Phi) is 3.72. The number of anilines is 1. The topological polar surface area (TPSA) is 54.7 Å². The molecule has 122 valence electrons. The number of halogens is 3. The van der Waals surface area contributed by atoms with Crippen molar-refractivity contribution in [2.45, 2.75) is 19.6 Å². The van der Waals surface area contributed by atoms with E-state index in [9.17, 15) is 18.4 Å². The van der Waals surface area contributed by atoms with E-state index in [0.29, 0.717) is 40.0 Å². The molecule has 0 amide bonds. The highest BCUT2D eigenvalue weighted by molar-refractivity contribution is 5.95. The molecule has 0 bridgehead atoms. The van der Waals surface area contributed by atoms with Gasteiger partial charge in [-0.1, -0.05) is 18.2 Å². The smallest absolute Gasteiger partial charge is 0.399 e. The zero-order chi connectivity index (χ0) is 17.5. The van der Waals surface area contributed by atoms with Gasteiger partial charge in [0.1, 0.15) is 6.07 Å². The summed E-state index contributed by atoms with van der Waals surface area (Å²) in [5.74, 6) is 0. The minimum atomic E-state index is -4.43. The Bertz CT molecular complexity index is 962. The van der Waals surface area contributed by atoms with Gasteiger partial charge in [0.05, 0.1) is 22.3 Å². The summed E-state index contributed by atoms with van der Waals surface area (Å²) >= 11 is 0. The van der Waals surface area contributed by atoms with Crippen molar-refractivity contribution in [3.63, 3.8) is 0 Å². The molecule has 0 fully saturated rings. The van der Waals surface area contributed by atoms with Crippen molar-refractivity contribution in [2.24, 2.45) is 0 Å². The fraction of sp³-hybridized carbons (Fsp3) is 0.167. The molecular formula is C18H14F3N3. The van der Waals surface area contributed by atoms with Crippen LogP contribution in [0.15, 0.2) is 42.5 Å². The fourth-order valence-electron chi connectivity index (χ4n) is 2.95. The SMILES string of the molecule is CCn1c(-c2cccc(N)c2)c(C#N)c2ccc(C(F)(F)F)cc21. The van der Waals surface area contributed by atoms with Gasteiger partial charge in [0.25, 0.3) is 0 Å². The second kappa shape index (κ2) is 5.60. The second-order valence-corrected chi connectivity index (χ2v) is 5.43. The molecule has 0 unspecified atom stereocenters. The first kappa shape index (κ1) is 15.9. The average molecular weight is 329 g/mol. The fourth-order valence-corrected chi connectivity index (χ4v) is 2.95. The van der Waals surface area contributed by atoms with Crippen molar-refractivity contribution >= 4 is 16.6 Å². The Balaban J connectivity index is 2.39. The van der Waals surface area contributed by atoms with E-state index >= 15 is 0 Å². The van der Waals surface area contributed by atoms with Crippen LogP contribution in [-0.2, 0) is 12.7 Å². The van der Waals surface area contributed by atoms with E-state index in [0.717, 1.165) is 12.1 Å². The third-order valence-corrected chi connectivity index (χ3v) is 3.98. The molecule has 0 atom stereocenters. The molecule has 0 aliphatic heterocycles. The molecule has 6 heteroatoms. The highest BCUT2D eigenvalue weighted by Gasteiger charge is 2.31. The molecule has 3 nitrogen and oxygen atoms in total. The van der Waals surface area contributed by atoms with Crippen molar-refractivity contribution < 1.29 is 13.2 Å². The maximum absolute atomic E-state index is 13.0. The maximum atomic E-state index is 13.0. The van der Waals surface area contributed by atoms with E-state index in [1.54, 1.807) is 28.8 Å². The third kappa shape index (κ3) is 2.48. The highest BCUT2D eigenvalue weighted by atomic mass is 19.4. The van der Waals surface area contributed by atoms with E-state index in [2.05, 4.69) is 6.07 Å². The molecule has 1 heterocycles. The zero-order valence-electron chi connectivity index (χ0n) is 12.9. The van der Waals surface area contributed by atoms with Gasteiger partial charge < -0.3 is 10.3 Å². The van der Waals surface area contributed by atoms with Crippen LogP contribution >= 0.6 is 0 Å². The lowest BCUT2D eigenvalue weighted by Gasteiger charge is -2.10. The summed E-state index contributed by atoms with van der Waals surface area (Å²) in [6.45, 7) is 2.26. The number of alkyl halides is 3. The molecule has 0 saturated carbocycles. The number of rotatable bonds is 2. The van der Waals surface area contributed by atoms with Crippen molar-refractivity contribution in [3.8, 4) is 17.3 Å². The number of hydrogen-bond acceptors (Lipinski definition) is 2. The predicted molar refractivity (Wildman–Crippen MR) is 87.2 cm³/mol. The summed E-state index contributed by atoms with van der Waals surface area (Å²) in [7, 11) is 0. The molecule has 3 rings (SSSR count). The van der Waals surface area contributed by atoms with Crippen LogP contribution in [0.4, 0.5) is 18.9 Å². The number of aryl methyl sites for hydroxylation is 1. The van der Waals surface area contributed by atoms with Crippen LogP contribution in [0.3, 0.4) is 0 Å². The summed E-state index contributed by atoms with van der Waals surface area (Å²) in [6.07, 6.45) is -4.43. The first-order chi connectivity index (χ1) is 11.4. The van der Waals surface area contributed by atoms with Gasteiger partial charge in [0.2, 0.25) is 0 Å². The molecule has 2 N–H and O–H groups in total. The van der Waals surface area contributed by atoms with E-state index < -0.39 is 11.7 Å². The van der Waals surface area contributed by atoms with E-state index in [-0.39, 0.29) is 0 Å². The Labute approximate surface area is 136 Å². The Hall–Kier alpha value is -2.94. The third-order valence-electron chi connectivity index (χ3n) is 3.98. The molecule has 0 spiro atoms. The molecule has 0 aliphatic carbocycles. The number of nitrogens with two attached hydrogens (primary N) is 1. The molecule has 0 saturated heterocycles. The monoisotopic (exact) mass is 329 g/mol. The number of nitriles is 1. The number of aromatic nitrogens is 1.